The zero-order valence-corrected chi connectivity index (χ0v) is 16.4. The van der Waals surface area contributed by atoms with Gasteiger partial charge in [0.1, 0.15) is 11.5 Å². The molecule has 0 radical (unpaired) electrons. The standard InChI is InChI=1S/C17H10F11O4P/c18-13(19,14(20,21)16(24,25)26)15(22,23)17(27,28)32-33(29,30-11-7-3-1-4-8-11)31-12-9-5-2-6-10-12/h1-10H. The smallest absolute Gasteiger partial charge is 0.395 e. The Labute approximate surface area is 177 Å². The number of alkyl halides is 11. The molecule has 16 heteroatoms. The van der Waals surface area contributed by atoms with Crippen LogP contribution in [-0.4, -0.2) is 30.1 Å². The van der Waals surface area contributed by atoms with Crippen molar-refractivity contribution in [3.63, 3.8) is 0 Å². The van der Waals surface area contributed by atoms with Crippen LogP contribution in [0, 0.1) is 0 Å². The average molecular weight is 518 g/mol. The van der Waals surface area contributed by atoms with Gasteiger partial charge in [0.25, 0.3) is 0 Å². The lowest BCUT2D eigenvalue weighted by atomic mass is 10.0. The van der Waals surface area contributed by atoms with Crippen molar-refractivity contribution in [1.82, 2.24) is 0 Å². The van der Waals surface area contributed by atoms with E-state index in [9.17, 15) is 52.9 Å². The molecular formula is C17H10F11O4P. The van der Waals surface area contributed by atoms with Crippen LogP contribution in [0.3, 0.4) is 0 Å². The van der Waals surface area contributed by atoms with Crippen LogP contribution in [0.15, 0.2) is 60.7 Å². The molecule has 0 aliphatic carbocycles. The van der Waals surface area contributed by atoms with Gasteiger partial charge in [0, 0.05) is 0 Å². The fourth-order valence-corrected chi connectivity index (χ4v) is 3.30. The summed E-state index contributed by atoms with van der Waals surface area (Å²) < 4.78 is 170. The molecule has 0 aromatic heterocycles. The van der Waals surface area contributed by atoms with Crippen LogP contribution < -0.4 is 9.05 Å². The summed E-state index contributed by atoms with van der Waals surface area (Å²) >= 11 is 0. The summed E-state index contributed by atoms with van der Waals surface area (Å²) in [5.74, 6) is -24.3. The molecule has 4 nitrogen and oxygen atoms in total. The summed E-state index contributed by atoms with van der Waals surface area (Å²) in [4.78, 5) is 0. The monoisotopic (exact) mass is 518 g/mol. The number of rotatable bonds is 9. The van der Waals surface area contributed by atoms with Gasteiger partial charge in [-0.15, -0.1) is 0 Å². The van der Waals surface area contributed by atoms with E-state index in [0.717, 1.165) is 48.5 Å². The molecule has 0 saturated carbocycles. The van der Waals surface area contributed by atoms with Crippen molar-refractivity contribution >= 4 is 7.82 Å². The van der Waals surface area contributed by atoms with E-state index in [-0.39, 0.29) is 0 Å². The average Bonchev–Trinajstić information content (AvgIpc) is 2.67. The van der Waals surface area contributed by atoms with E-state index >= 15 is 0 Å². The van der Waals surface area contributed by atoms with E-state index in [0.29, 0.717) is 0 Å². The molecule has 0 aliphatic heterocycles. The Morgan fingerprint density at radius 1 is 0.545 bits per heavy atom. The third kappa shape index (κ3) is 5.18. The predicted molar refractivity (Wildman–Crippen MR) is 88.7 cm³/mol. The Bertz CT molecular complexity index is 936. The number of hydrogen-bond donors (Lipinski definition) is 0. The highest BCUT2D eigenvalue weighted by molar-refractivity contribution is 7.49. The molecule has 0 saturated heterocycles. The first kappa shape index (κ1) is 26.7. The van der Waals surface area contributed by atoms with Crippen LogP contribution in [0.2, 0.25) is 0 Å². The third-order valence-electron chi connectivity index (χ3n) is 3.66. The van der Waals surface area contributed by atoms with E-state index in [1.54, 1.807) is 0 Å². The van der Waals surface area contributed by atoms with E-state index in [1.807, 2.05) is 0 Å². The van der Waals surface area contributed by atoms with Gasteiger partial charge in [0.15, 0.2) is 0 Å². The summed E-state index contributed by atoms with van der Waals surface area (Å²) in [6.07, 6.45) is -14.3. The minimum absolute atomic E-state index is 0.664. The molecule has 0 spiro atoms. The lowest BCUT2D eigenvalue weighted by Crippen LogP contribution is -2.66. The number of phosphoric ester groups is 1. The second-order valence-electron chi connectivity index (χ2n) is 6.08. The number of benzene rings is 2. The van der Waals surface area contributed by atoms with Crippen LogP contribution in [0.5, 0.6) is 11.5 Å². The van der Waals surface area contributed by atoms with Crippen molar-refractivity contribution in [1.29, 1.82) is 0 Å². The highest BCUT2D eigenvalue weighted by Crippen LogP contribution is 2.62. The van der Waals surface area contributed by atoms with Crippen molar-refractivity contribution in [2.24, 2.45) is 0 Å². The summed E-state index contributed by atoms with van der Waals surface area (Å²) in [6.45, 7) is 0. The Kier molecular flexibility index (Phi) is 7.02. The predicted octanol–water partition coefficient (Wildman–Crippen LogP) is 7.33. The zero-order valence-electron chi connectivity index (χ0n) is 15.5. The SMILES string of the molecule is O=P(Oc1ccccc1)(Oc1ccccc1)OC(F)(F)C(F)(F)C(F)(F)C(F)(F)C(F)(F)F. The highest BCUT2D eigenvalue weighted by atomic mass is 31.2. The number of halogens is 11. The van der Waals surface area contributed by atoms with Gasteiger partial charge in [0.2, 0.25) is 0 Å². The zero-order chi connectivity index (χ0) is 25.3. The maximum absolute atomic E-state index is 14.0. The number of hydrogen-bond acceptors (Lipinski definition) is 4. The van der Waals surface area contributed by atoms with Crippen LogP contribution in [0.25, 0.3) is 0 Å². The first-order chi connectivity index (χ1) is 14.9. The Hall–Kier alpha value is -2.54. The lowest BCUT2D eigenvalue weighted by molar-refractivity contribution is -0.446. The first-order valence-electron chi connectivity index (χ1n) is 8.24. The fraction of sp³-hybridized carbons (Fsp3) is 0.294. The molecule has 0 atom stereocenters. The first-order valence-corrected chi connectivity index (χ1v) is 9.70. The topological polar surface area (TPSA) is 44.8 Å². The van der Waals surface area contributed by atoms with Crippen molar-refractivity contribution in [2.75, 3.05) is 0 Å². The van der Waals surface area contributed by atoms with Crippen molar-refractivity contribution in [2.45, 2.75) is 30.1 Å². The molecule has 33 heavy (non-hydrogen) atoms. The van der Waals surface area contributed by atoms with Crippen LogP contribution in [0.1, 0.15) is 0 Å². The second kappa shape index (κ2) is 8.67. The summed E-state index contributed by atoms with van der Waals surface area (Å²) in [6, 6.07) is 10.8. The van der Waals surface area contributed by atoms with E-state index in [1.165, 1.54) is 12.1 Å². The van der Waals surface area contributed by atoms with Crippen LogP contribution >= 0.6 is 7.82 Å². The lowest BCUT2D eigenvalue weighted by Gasteiger charge is -2.37. The Morgan fingerprint density at radius 2 is 0.909 bits per heavy atom. The molecule has 2 rings (SSSR count). The van der Waals surface area contributed by atoms with E-state index in [2.05, 4.69) is 13.6 Å². The van der Waals surface area contributed by atoms with E-state index in [4.69, 9.17) is 0 Å². The minimum Gasteiger partial charge on any atom is -0.395 e. The molecule has 0 bridgehead atoms. The summed E-state index contributed by atoms with van der Waals surface area (Å²) in [5.41, 5.74) is 0. The molecule has 0 amide bonds. The minimum atomic E-state index is -7.76. The largest absolute Gasteiger partial charge is 0.592 e. The quantitative estimate of drug-likeness (QED) is 0.258. The number of phosphoric acid groups is 1. The van der Waals surface area contributed by atoms with Gasteiger partial charge in [0.05, 0.1) is 0 Å². The Morgan fingerprint density at radius 3 is 1.24 bits per heavy atom. The van der Waals surface area contributed by atoms with Crippen LogP contribution in [0.4, 0.5) is 48.3 Å². The summed E-state index contributed by atoms with van der Waals surface area (Å²) in [5, 5.41) is 0. The molecular weight excluding hydrogens is 508 g/mol. The van der Waals surface area contributed by atoms with Gasteiger partial charge < -0.3 is 9.05 Å². The van der Waals surface area contributed by atoms with Gasteiger partial charge in [-0.1, -0.05) is 36.4 Å². The van der Waals surface area contributed by atoms with Gasteiger partial charge in [-0.05, 0) is 24.3 Å². The molecule has 0 N–H and O–H groups in total. The molecule has 0 fully saturated rings. The normalized spacial score (nSPS) is 14.2. The second-order valence-corrected chi connectivity index (χ2v) is 7.53. The highest BCUT2D eigenvalue weighted by Gasteiger charge is 2.88. The van der Waals surface area contributed by atoms with E-state index < -0.39 is 49.4 Å². The molecule has 184 valence electrons. The van der Waals surface area contributed by atoms with Crippen molar-refractivity contribution in [3.8, 4) is 11.5 Å². The molecule has 0 unspecified atom stereocenters. The van der Waals surface area contributed by atoms with Crippen LogP contribution in [-0.2, 0) is 9.09 Å². The van der Waals surface area contributed by atoms with Crippen molar-refractivity contribution < 1.29 is 66.4 Å². The molecule has 2 aromatic rings. The van der Waals surface area contributed by atoms with Crippen molar-refractivity contribution in [3.05, 3.63) is 60.7 Å². The molecule has 0 heterocycles. The fourth-order valence-electron chi connectivity index (χ4n) is 2.03. The van der Waals surface area contributed by atoms with Gasteiger partial charge >= 0.3 is 37.9 Å². The van der Waals surface area contributed by atoms with Gasteiger partial charge in [-0.25, -0.2) is 4.57 Å². The number of para-hydroxylation sites is 2. The molecule has 0 aliphatic rings. The maximum Gasteiger partial charge on any atom is 0.592 e. The molecule has 2 aromatic carbocycles. The Balaban J connectivity index is 2.49. The van der Waals surface area contributed by atoms with Gasteiger partial charge in [-0.3, -0.25) is 0 Å². The van der Waals surface area contributed by atoms with Gasteiger partial charge in [-0.2, -0.15) is 52.8 Å². The summed E-state index contributed by atoms with van der Waals surface area (Å²) in [7, 11) is -6.13. The maximum atomic E-state index is 14.0. The third-order valence-corrected chi connectivity index (χ3v) is 4.98.